The second-order valence-electron chi connectivity index (χ2n) is 7.90. The smallest absolute Gasteiger partial charge is 0.416 e. The van der Waals surface area contributed by atoms with Crippen LogP contribution in [0.2, 0.25) is 0 Å². The quantitative estimate of drug-likeness (QED) is 0.522. The van der Waals surface area contributed by atoms with Crippen LogP contribution in [0.3, 0.4) is 0 Å². The Hall–Kier alpha value is -1.58. The summed E-state index contributed by atoms with van der Waals surface area (Å²) < 4.78 is 63.7. The molecule has 0 amide bonds. The molecule has 0 bridgehead atoms. The number of nitrogens with zero attached hydrogens (tertiary/aromatic N) is 3. The highest BCUT2D eigenvalue weighted by Gasteiger charge is 2.33. The molecular formula is C19H24F3N3O2S. The number of halogens is 3. The maximum atomic E-state index is 13.5. The first-order valence-electron chi connectivity index (χ1n) is 9.16. The number of alkyl halides is 3. The second kappa shape index (κ2) is 7.68. The van der Waals surface area contributed by atoms with Gasteiger partial charge >= 0.3 is 6.18 Å². The molecule has 0 aliphatic carbocycles. The Kier molecular flexibility index (Phi) is 5.80. The largest absolute Gasteiger partial charge is 0.591 e. The standard InChI is InChI=1S/C19H24F3N3O2S/c1-12(24-28(26)18(2,3)4)14-9-13(19(20,21)22)10-16-15(14)11-23-25(16)17-7-5-6-8-27-17/h9-11,17H,5-8H2,1-4H3. The Morgan fingerprint density at radius 2 is 2.00 bits per heavy atom. The Bertz CT molecular complexity index is 881. The van der Waals surface area contributed by atoms with Crippen molar-refractivity contribution in [1.29, 1.82) is 0 Å². The van der Waals surface area contributed by atoms with Gasteiger partial charge in [-0.05, 0) is 59.1 Å². The van der Waals surface area contributed by atoms with Crippen LogP contribution in [-0.2, 0) is 22.3 Å². The van der Waals surface area contributed by atoms with Gasteiger partial charge in [-0.25, -0.2) is 4.68 Å². The van der Waals surface area contributed by atoms with Crippen molar-refractivity contribution in [3.63, 3.8) is 0 Å². The maximum Gasteiger partial charge on any atom is 0.416 e. The number of rotatable bonds is 3. The van der Waals surface area contributed by atoms with Crippen LogP contribution in [0.1, 0.15) is 64.3 Å². The van der Waals surface area contributed by atoms with Crippen molar-refractivity contribution >= 4 is 28.0 Å². The lowest BCUT2D eigenvalue weighted by Gasteiger charge is -2.24. The second-order valence-corrected chi connectivity index (χ2v) is 9.81. The molecule has 0 saturated carbocycles. The van der Waals surface area contributed by atoms with E-state index in [1.165, 1.54) is 10.9 Å². The van der Waals surface area contributed by atoms with E-state index in [9.17, 15) is 17.7 Å². The van der Waals surface area contributed by atoms with Gasteiger partial charge in [0.05, 0.1) is 23.0 Å². The number of ether oxygens (including phenoxy) is 1. The van der Waals surface area contributed by atoms with E-state index in [0.29, 0.717) is 23.9 Å². The summed E-state index contributed by atoms with van der Waals surface area (Å²) in [6.45, 7) is 7.43. The lowest BCUT2D eigenvalue weighted by atomic mass is 10.0. The molecule has 1 saturated heterocycles. The predicted octanol–water partition coefficient (Wildman–Crippen LogP) is 5.03. The average molecular weight is 415 g/mol. The average Bonchev–Trinajstić information content (AvgIpc) is 3.04. The fourth-order valence-corrected chi connectivity index (χ4v) is 3.69. The minimum Gasteiger partial charge on any atom is -0.591 e. The zero-order valence-corrected chi connectivity index (χ0v) is 17.2. The highest BCUT2D eigenvalue weighted by Crippen LogP contribution is 2.35. The van der Waals surface area contributed by atoms with Crippen LogP contribution < -0.4 is 0 Å². The summed E-state index contributed by atoms with van der Waals surface area (Å²) in [5.74, 6) is 0. The minimum atomic E-state index is -4.52. The number of hydrogen-bond acceptors (Lipinski definition) is 4. The summed E-state index contributed by atoms with van der Waals surface area (Å²) in [6, 6.07) is 2.15. The van der Waals surface area contributed by atoms with Gasteiger partial charge in [-0.15, -0.1) is 0 Å². The molecule has 0 radical (unpaired) electrons. The van der Waals surface area contributed by atoms with Crippen LogP contribution in [0.5, 0.6) is 0 Å². The van der Waals surface area contributed by atoms with Gasteiger partial charge in [0.15, 0.2) is 6.23 Å². The maximum absolute atomic E-state index is 13.5. The first-order valence-corrected chi connectivity index (χ1v) is 10.3. The molecule has 5 nitrogen and oxygen atoms in total. The molecule has 1 fully saturated rings. The topological polar surface area (TPSA) is 62.5 Å². The molecule has 1 aromatic carbocycles. The molecule has 2 unspecified atom stereocenters. The molecule has 1 aliphatic rings. The third-order valence-electron chi connectivity index (χ3n) is 4.61. The normalized spacial score (nSPS) is 20.6. The number of aromatic nitrogens is 2. The Balaban J connectivity index is 2.16. The molecule has 154 valence electrons. The van der Waals surface area contributed by atoms with Crippen LogP contribution >= 0.6 is 0 Å². The van der Waals surface area contributed by atoms with Crippen molar-refractivity contribution in [2.45, 2.75) is 64.1 Å². The van der Waals surface area contributed by atoms with Crippen molar-refractivity contribution in [2.24, 2.45) is 4.40 Å². The van der Waals surface area contributed by atoms with Gasteiger partial charge in [-0.3, -0.25) is 0 Å². The Morgan fingerprint density at radius 3 is 2.57 bits per heavy atom. The van der Waals surface area contributed by atoms with E-state index in [1.54, 1.807) is 27.7 Å². The molecule has 2 heterocycles. The van der Waals surface area contributed by atoms with E-state index < -0.39 is 27.8 Å². The van der Waals surface area contributed by atoms with Crippen LogP contribution in [0, 0.1) is 0 Å². The van der Waals surface area contributed by atoms with Crippen LogP contribution in [0.15, 0.2) is 22.7 Å². The monoisotopic (exact) mass is 415 g/mol. The van der Waals surface area contributed by atoms with Crippen LogP contribution in [-0.4, -0.2) is 31.4 Å². The summed E-state index contributed by atoms with van der Waals surface area (Å²) in [5.41, 5.74) is 0.120. The summed E-state index contributed by atoms with van der Waals surface area (Å²) in [4.78, 5) is 0. The fraction of sp³-hybridized carbons (Fsp3) is 0.579. The van der Waals surface area contributed by atoms with Gasteiger partial charge in [-0.1, -0.05) is 4.40 Å². The van der Waals surface area contributed by atoms with Gasteiger partial charge in [0.2, 0.25) is 0 Å². The van der Waals surface area contributed by atoms with Crippen molar-refractivity contribution in [2.75, 3.05) is 6.61 Å². The SMILES string of the molecule is CC(=N[S+]([O-])C(C)(C)C)c1cc(C(F)(F)F)cc2c1cnn2C1CCCCO1. The highest BCUT2D eigenvalue weighted by atomic mass is 32.2. The van der Waals surface area contributed by atoms with Gasteiger partial charge in [0, 0.05) is 17.6 Å². The Labute approximate surface area is 165 Å². The first-order chi connectivity index (χ1) is 13.0. The summed E-state index contributed by atoms with van der Waals surface area (Å²) in [5, 5.41) is 4.84. The summed E-state index contributed by atoms with van der Waals surface area (Å²) >= 11 is -1.58. The van der Waals surface area contributed by atoms with E-state index >= 15 is 0 Å². The number of hydrogen-bond donors (Lipinski definition) is 0. The third kappa shape index (κ3) is 4.36. The molecule has 2 atom stereocenters. The number of fused-ring (bicyclic) bond motifs is 1. The third-order valence-corrected chi connectivity index (χ3v) is 6.09. The molecule has 1 aromatic heterocycles. The van der Waals surface area contributed by atoms with Crippen molar-refractivity contribution in [3.8, 4) is 0 Å². The predicted molar refractivity (Wildman–Crippen MR) is 104 cm³/mol. The molecular weight excluding hydrogens is 391 g/mol. The number of benzene rings is 1. The van der Waals surface area contributed by atoms with Crippen molar-refractivity contribution in [1.82, 2.24) is 9.78 Å². The van der Waals surface area contributed by atoms with E-state index in [-0.39, 0.29) is 17.5 Å². The van der Waals surface area contributed by atoms with Crippen LogP contribution in [0.4, 0.5) is 13.2 Å². The van der Waals surface area contributed by atoms with E-state index in [2.05, 4.69) is 9.50 Å². The Morgan fingerprint density at radius 1 is 1.29 bits per heavy atom. The van der Waals surface area contributed by atoms with Crippen LogP contribution in [0.25, 0.3) is 10.9 Å². The fourth-order valence-electron chi connectivity index (χ4n) is 3.06. The van der Waals surface area contributed by atoms with E-state index in [4.69, 9.17) is 4.74 Å². The molecule has 3 rings (SSSR count). The minimum absolute atomic E-state index is 0.282. The molecule has 9 heteroatoms. The first kappa shape index (κ1) is 21.1. The van der Waals surface area contributed by atoms with E-state index in [0.717, 1.165) is 25.0 Å². The molecule has 0 spiro atoms. The van der Waals surface area contributed by atoms with E-state index in [1.807, 2.05) is 0 Å². The lowest BCUT2D eigenvalue weighted by molar-refractivity contribution is -0.137. The van der Waals surface area contributed by atoms with Gasteiger partial charge in [0.25, 0.3) is 0 Å². The van der Waals surface area contributed by atoms with Gasteiger partial charge in [-0.2, -0.15) is 18.3 Å². The van der Waals surface area contributed by atoms with Crippen molar-refractivity contribution < 1.29 is 22.5 Å². The highest BCUT2D eigenvalue weighted by molar-refractivity contribution is 7.91. The van der Waals surface area contributed by atoms with Crippen molar-refractivity contribution in [3.05, 3.63) is 29.5 Å². The zero-order chi connectivity index (χ0) is 20.7. The molecule has 2 aromatic rings. The lowest BCUT2D eigenvalue weighted by Crippen LogP contribution is -2.26. The molecule has 1 aliphatic heterocycles. The zero-order valence-electron chi connectivity index (χ0n) is 16.3. The summed E-state index contributed by atoms with van der Waals surface area (Å²) in [7, 11) is 0. The molecule has 0 N–H and O–H groups in total. The summed E-state index contributed by atoms with van der Waals surface area (Å²) in [6.07, 6.45) is -0.814. The molecule has 28 heavy (non-hydrogen) atoms. The van der Waals surface area contributed by atoms with Gasteiger partial charge < -0.3 is 9.29 Å². The van der Waals surface area contributed by atoms with Gasteiger partial charge in [0.1, 0.15) is 16.1 Å².